The fraction of sp³-hybridized carbons (Fsp3) is 0.0667. The number of fused-ring (bicyclic) bond motifs is 4. The van der Waals surface area contributed by atoms with Crippen molar-refractivity contribution in [3.8, 4) is 45.3 Å². The predicted molar refractivity (Wildman–Crippen MR) is 202 cm³/mol. The summed E-state index contributed by atoms with van der Waals surface area (Å²) < 4.78 is 96.0. The zero-order valence-corrected chi connectivity index (χ0v) is 28.9. The van der Waals surface area contributed by atoms with Gasteiger partial charge in [-0.25, -0.2) is 0 Å². The molecule has 0 atom stereocenters. The Kier molecular flexibility index (Phi) is 7.89. The average molecular weight is 743 g/mol. The van der Waals surface area contributed by atoms with E-state index >= 15 is 0 Å². The minimum atomic E-state index is -4.56. The van der Waals surface area contributed by atoms with Crippen LogP contribution < -0.4 is 19.3 Å². The molecule has 7 aromatic carbocycles. The molecule has 0 fully saturated rings. The minimum Gasteiger partial charge on any atom is -0.453 e. The van der Waals surface area contributed by atoms with Gasteiger partial charge in [-0.2, -0.15) is 26.3 Å². The molecule has 272 valence electrons. The van der Waals surface area contributed by atoms with Gasteiger partial charge in [-0.15, -0.1) is 0 Å². The van der Waals surface area contributed by atoms with Gasteiger partial charge in [-0.3, -0.25) is 0 Å². The molecule has 0 unspecified atom stereocenters. The summed E-state index contributed by atoms with van der Waals surface area (Å²) in [6.45, 7) is 1.85. The van der Waals surface area contributed by atoms with E-state index in [0.717, 1.165) is 24.3 Å². The van der Waals surface area contributed by atoms with Gasteiger partial charge in [-0.1, -0.05) is 72.8 Å². The monoisotopic (exact) mass is 742 g/mol. The quantitative estimate of drug-likeness (QED) is 0.168. The first-order valence-electron chi connectivity index (χ1n) is 17.3. The van der Waals surface area contributed by atoms with E-state index in [4.69, 9.17) is 9.47 Å². The van der Waals surface area contributed by atoms with Crippen molar-refractivity contribution in [2.24, 2.45) is 0 Å². The topological polar surface area (TPSA) is 24.9 Å². The first kappa shape index (κ1) is 34.1. The summed E-state index contributed by atoms with van der Waals surface area (Å²) in [6.07, 6.45) is -9.13. The van der Waals surface area contributed by atoms with Gasteiger partial charge in [0.2, 0.25) is 0 Å². The summed E-state index contributed by atoms with van der Waals surface area (Å²) in [4.78, 5) is 4.04. The summed E-state index contributed by atoms with van der Waals surface area (Å²) >= 11 is 0. The first-order valence-corrected chi connectivity index (χ1v) is 17.3. The van der Waals surface area contributed by atoms with Crippen LogP contribution in [0.1, 0.15) is 16.7 Å². The Morgan fingerprint density at radius 2 is 0.673 bits per heavy atom. The smallest absolute Gasteiger partial charge is 0.416 e. The second kappa shape index (κ2) is 12.7. The number of hydrogen-bond acceptors (Lipinski definition) is 4. The number of hydrogen-bond donors (Lipinski definition) is 0. The van der Waals surface area contributed by atoms with Gasteiger partial charge in [0.15, 0.2) is 23.0 Å². The van der Waals surface area contributed by atoms with Gasteiger partial charge >= 0.3 is 12.4 Å². The Bertz CT molecular complexity index is 2330. The van der Waals surface area contributed by atoms with Crippen LogP contribution in [0.5, 0.6) is 23.0 Å². The van der Waals surface area contributed by atoms with Crippen LogP contribution in [-0.4, -0.2) is 0 Å². The second-order valence-electron chi connectivity index (χ2n) is 13.2. The maximum absolute atomic E-state index is 13.9. The molecule has 0 bridgehead atoms. The highest BCUT2D eigenvalue weighted by Gasteiger charge is 2.36. The third-order valence-corrected chi connectivity index (χ3v) is 9.88. The van der Waals surface area contributed by atoms with Gasteiger partial charge in [-0.05, 0) is 102 Å². The van der Waals surface area contributed by atoms with Gasteiger partial charge in [0, 0.05) is 11.1 Å². The molecule has 0 radical (unpaired) electrons. The molecule has 0 N–H and O–H groups in total. The highest BCUT2D eigenvalue weighted by Crippen LogP contribution is 2.58. The van der Waals surface area contributed by atoms with Crippen molar-refractivity contribution in [1.29, 1.82) is 0 Å². The Labute approximate surface area is 312 Å². The molecule has 55 heavy (non-hydrogen) atoms. The Hall–Kier alpha value is -6.68. The lowest BCUT2D eigenvalue weighted by atomic mass is 9.87. The highest BCUT2D eigenvalue weighted by molar-refractivity contribution is 6.03. The van der Waals surface area contributed by atoms with Crippen molar-refractivity contribution in [1.82, 2.24) is 0 Å². The van der Waals surface area contributed by atoms with Crippen molar-refractivity contribution in [2.75, 3.05) is 9.80 Å². The molecular formula is C45H28F6N2O2. The van der Waals surface area contributed by atoms with Crippen molar-refractivity contribution in [2.45, 2.75) is 19.3 Å². The van der Waals surface area contributed by atoms with Crippen LogP contribution in [0.15, 0.2) is 152 Å². The lowest BCUT2D eigenvalue weighted by Gasteiger charge is -2.38. The molecule has 0 saturated heterocycles. The van der Waals surface area contributed by atoms with E-state index in [9.17, 15) is 26.3 Å². The molecule has 2 heterocycles. The Morgan fingerprint density at radius 3 is 0.964 bits per heavy atom. The molecule has 0 amide bonds. The van der Waals surface area contributed by atoms with Gasteiger partial charge < -0.3 is 19.3 Å². The molecule has 4 nitrogen and oxygen atoms in total. The van der Waals surface area contributed by atoms with E-state index in [-0.39, 0.29) is 0 Å². The third kappa shape index (κ3) is 5.81. The van der Waals surface area contributed by atoms with Crippen LogP contribution >= 0.6 is 0 Å². The van der Waals surface area contributed by atoms with Crippen LogP contribution in [0.4, 0.5) is 60.5 Å². The van der Waals surface area contributed by atoms with Crippen molar-refractivity contribution in [3.05, 3.63) is 168 Å². The maximum Gasteiger partial charge on any atom is 0.416 e. The summed E-state index contributed by atoms with van der Waals surface area (Å²) in [6, 6.07) is 41.7. The Balaban J connectivity index is 1.42. The molecule has 2 aliphatic rings. The molecule has 0 spiro atoms. The van der Waals surface area contributed by atoms with E-state index in [1.54, 1.807) is 0 Å². The fourth-order valence-corrected chi connectivity index (χ4v) is 7.44. The van der Waals surface area contributed by atoms with Crippen molar-refractivity contribution in [3.63, 3.8) is 0 Å². The van der Waals surface area contributed by atoms with Crippen LogP contribution in [0.2, 0.25) is 0 Å². The highest BCUT2D eigenvalue weighted by atomic mass is 19.4. The normalized spacial score (nSPS) is 13.2. The number of halogens is 6. The van der Waals surface area contributed by atoms with E-state index in [2.05, 4.69) is 0 Å². The number of para-hydroxylation sites is 8. The van der Waals surface area contributed by atoms with E-state index in [1.165, 1.54) is 24.3 Å². The number of benzene rings is 7. The number of alkyl halides is 6. The summed E-state index contributed by atoms with van der Waals surface area (Å²) in [5, 5.41) is 0. The van der Waals surface area contributed by atoms with Crippen LogP contribution in [0.25, 0.3) is 22.3 Å². The fourth-order valence-electron chi connectivity index (χ4n) is 7.44. The standard InChI is InChI=1S/C45H28F6N2O2/c1-27-42(28-18-22-30(23-19-28)44(46,47)48)36(52-32-10-2-6-14-38(32)54-39-15-7-3-11-33(39)52)26-37(43(27)29-20-24-31(25-21-29)45(49,50)51)53-34-12-4-8-16-40(34)55-41-17-9-5-13-35(41)53/h2-26H,1H3. The summed E-state index contributed by atoms with van der Waals surface area (Å²) in [5.41, 5.74) is 5.06. The lowest BCUT2D eigenvalue weighted by Crippen LogP contribution is -2.20. The number of anilines is 6. The maximum atomic E-state index is 13.9. The van der Waals surface area contributed by atoms with Crippen LogP contribution in [0.3, 0.4) is 0 Å². The van der Waals surface area contributed by atoms with E-state index in [0.29, 0.717) is 84.9 Å². The molecule has 7 aromatic rings. The summed E-state index contributed by atoms with van der Waals surface area (Å²) in [7, 11) is 0. The molecule has 10 heteroatoms. The summed E-state index contributed by atoms with van der Waals surface area (Å²) in [5.74, 6) is 2.25. The van der Waals surface area contributed by atoms with E-state index in [1.807, 2.05) is 120 Å². The van der Waals surface area contributed by atoms with Crippen LogP contribution in [0, 0.1) is 6.92 Å². The van der Waals surface area contributed by atoms with Crippen LogP contribution in [-0.2, 0) is 12.4 Å². The molecule has 9 rings (SSSR count). The molecule has 0 aliphatic carbocycles. The predicted octanol–water partition coefficient (Wildman–Crippen LogP) is 14.5. The van der Waals surface area contributed by atoms with Crippen molar-refractivity contribution < 1.29 is 35.8 Å². The number of nitrogens with zero attached hydrogens (tertiary/aromatic N) is 2. The molecule has 0 saturated carbocycles. The number of rotatable bonds is 4. The largest absolute Gasteiger partial charge is 0.453 e. The number of ether oxygens (including phenoxy) is 2. The Morgan fingerprint density at radius 1 is 0.382 bits per heavy atom. The SMILES string of the molecule is Cc1c(-c2ccc(C(F)(F)F)cc2)c(N2c3ccccc3Oc3ccccc32)cc(N2c3ccccc3Oc3ccccc32)c1-c1ccc(C(F)(F)F)cc1. The molecule has 2 aliphatic heterocycles. The van der Waals surface area contributed by atoms with Crippen molar-refractivity contribution >= 4 is 34.1 Å². The molecule has 0 aromatic heterocycles. The first-order chi connectivity index (χ1) is 26.5. The zero-order chi connectivity index (χ0) is 38.1. The average Bonchev–Trinajstić information content (AvgIpc) is 3.18. The minimum absolute atomic E-state index is 0.476. The molecular weight excluding hydrogens is 714 g/mol. The van der Waals surface area contributed by atoms with E-state index < -0.39 is 23.5 Å². The lowest BCUT2D eigenvalue weighted by molar-refractivity contribution is -0.138. The van der Waals surface area contributed by atoms with Gasteiger partial charge in [0.25, 0.3) is 0 Å². The third-order valence-electron chi connectivity index (χ3n) is 9.88. The zero-order valence-electron chi connectivity index (χ0n) is 28.9. The van der Waals surface area contributed by atoms with Gasteiger partial charge in [0.1, 0.15) is 0 Å². The van der Waals surface area contributed by atoms with Gasteiger partial charge in [0.05, 0.1) is 45.3 Å². The second-order valence-corrected chi connectivity index (χ2v) is 13.2.